The highest BCUT2D eigenvalue weighted by molar-refractivity contribution is 7.53. The van der Waals surface area contributed by atoms with E-state index in [-0.39, 0.29) is 24.9 Å². The van der Waals surface area contributed by atoms with Crippen molar-refractivity contribution in [2.75, 3.05) is 19.4 Å². The highest BCUT2D eigenvalue weighted by atomic mass is 31.2. The molecule has 34 heavy (non-hydrogen) atoms. The van der Waals surface area contributed by atoms with E-state index in [2.05, 4.69) is 4.98 Å². The highest BCUT2D eigenvalue weighted by Crippen LogP contribution is 2.51. The summed E-state index contributed by atoms with van der Waals surface area (Å²) in [6.45, 7) is 6.46. The van der Waals surface area contributed by atoms with Crippen molar-refractivity contribution in [3.63, 3.8) is 0 Å². The van der Waals surface area contributed by atoms with Gasteiger partial charge in [0.05, 0.1) is 32.2 Å². The van der Waals surface area contributed by atoms with Gasteiger partial charge in [-0.15, -0.1) is 0 Å². The SMILES string of the molecule is CCOP(=O)(C[C@@H](C)C1OC(n2cc(C)c(=O)[nH]c2=O)[C@H](F)[C@@H]1OC(=O)CCC(=O)O)OCC. The van der Waals surface area contributed by atoms with Gasteiger partial charge in [0.1, 0.15) is 6.10 Å². The normalized spacial score (nSPS) is 23.6. The van der Waals surface area contributed by atoms with Crippen molar-refractivity contribution in [3.8, 4) is 0 Å². The van der Waals surface area contributed by atoms with E-state index in [1.165, 1.54) is 6.92 Å². The number of ether oxygens (including phenoxy) is 2. The Hall–Kier alpha value is -2.34. The second kappa shape index (κ2) is 11.9. The molecule has 0 saturated carbocycles. The van der Waals surface area contributed by atoms with E-state index in [4.69, 9.17) is 23.6 Å². The highest BCUT2D eigenvalue weighted by Gasteiger charge is 2.52. The Morgan fingerprint density at radius 2 is 1.88 bits per heavy atom. The molecule has 12 nitrogen and oxygen atoms in total. The Labute approximate surface area is 194 Å². The lowest BCUT2D eigenvalue weighted by Crippen LogP contribution is -2.39. The zero-order valence-electron chi connectivity index (χ0n) is 19.4. The summed E-state index contributed by atoms with van der Waals surface area (Å²) >= 11 is 0. The van der Waals surface area contributed by atoms with Crippen molar-refractivity contribution in [3.05, 3.63) is 32.6 Å². The second-order valence-electron chi connectivity index (χ2n) is 7.87. The number of carboxylic acids is 1. The molecule has 1 saturated heterocycles. The zero-order valence-corrected chi connectivity index (χ0v) is 20.3. The van der Waals surface area contributed by atoms with Gasteiger partial charge in [0.15, 0.2) is 18.5 Å². The third-order valence-electron chi connectivity index (χ3n) is 5.16. The number of carbonyl (C=O) groups excluding carboxylic acids is 1. The summed E-state index contributed by atoms with van der Waals surface area (Å²) in [5, 5.41) is 8.78. The van der Waals surface area contributed by atoms with Gasteiger partial charge < -0.3 is 23.6 Å². The summed E-state index contributed by atoms with van der Waals surface area (Å²) in [5.41, 5.74) is -1.45. The zero-order chi connectivity index (χ0) is 25.6. The molecular weight excluding hydrogens is 478 g/mol. The van der Waals surface area contributed by atoms with Crippen LogP contribution in [0.15, 0.2) is 15.8 Å². The van der Waals surface area contributed by atoms with Crippen molar-refractivity contribution in [2.45, 2.75) is 65.1 Å². The standard InChI is InChI=1S/C20H30FN2O10P/c1-5-30-34(29,31-6-2)10-12(4)16-17(32-14(26)8-7-13(24)25)15(21)19(33-16)23-9-11(3)18(27)22-20(23)28/h9,12,15-17,19H,5-8,10H2,1-4H3,(H,24,25)(H,22,27,28)/t12-,15-,16?,17+,19?/m1/s1. The number of hydrogen-bond acceptors (Lipinski definition) is 9. The maximum atomic E-state index is 15.5. The van der Waals surface area contributed by atoms with E-state index >= 15 is 4.39 Å². The molecule has 2 unspecified atom stereocenters. The van der Waals surface area contributed by atoms with Crippen LogP contribution in [0.25, 0.3) is 0 Å². The van der Waals surface area contributed by atoms with E-state index in [1.807, 2.05) is 0 Å². The molecule has 2 N–H and O–H groups in total. The molecule has 2 heterocycles. The second-order valence-corrected chi connectivity index (χ2v) is 9.97. The molecule has 1 aliphatic heterocycles. The molecule has 0 amide bonds. The molecule has 1 aliphatic rings. The first-order valence-electron chi connectivity index (χ1n) is 10.8. The molecule has 0 bridgehead atoms. The van der Waals surface area contributed by atoms with Gasteiger partial charge in [0.2, 0.25) is 0 Å². The molecular formula is C20H30FN2O10P. The van der Waals surface area contributed by atoms with Gasteiger partial charge in [0, 0.05) is 11.8 Å². The molecule has 2 rings (SSSR count). The number of aliphatic carboxylic acids is 1. The van der Waals surface area contributed by atoms with E-state index in [0.29, 0.717) is 0 Å². The number of aromatic amines is 1. The fraction of sp³-hybridized carbons (Fsp3) is 0.700. The van der Waals surface area contributed by atoms with Gasteiger partial charge in [-0.05, 0) is 26.7 Å². The maximum Gasteiger partial charge on any atom is 0.331 e. The summed E-state index contributed by atoms with van der Waals surface area (Å²) in [4.78, 5) is 49.0. The fourth-order valence-corrected chi connectivity index (χ4v) is 5.64. The van der Waals surface area contributed by atoms with Gasteiger partial charge in [-0.1, -0.05) is 6.92 Å². The lowest BCUT2D eigenvalue weighted by molar-refractivity contribution is -0.157. The van der Waals surface area contributed by atoms with Gasteiger partial charge in [-0.3, -0.25) is 28.5 Å². The minimum absolute atomic E-state index is 0.101. The number of aryl methyl sites for hydroxylation is 1. The first kappa shape index (κ1) is 27.9. The summed E-state index contributed by atoms with van der Waals surface area (Å²) in [6, 6.07) is 0. The molecule has 0 radical (unpaired) electrons. The Kier molecular flexibility index (Phi) is 9.74. The smallest absolute Gasteiger partial charge is 0.331 e. The van der Waals surface area contributed by atoms with Crippen LogP contribution in [0.4, 0.5) is 4.39 Å². The van der Waals surface area contributed by atoms with Crippen LogP contribution < -0.4 is 11.2 Å². The van der Waals surface area contributed by atoms with Crippen molar-refractivity contribution in [1.29, 1.82) is 0 Å². The molecule has 1 aromatic rings. The number of halogens is 1. The largest absolute Gasteiger partial charge is 0.481 e. The average molecular weight is 508 g/mol. The Bertz CT molecular complexity index is 1030. The van der Waals surface area contributed by atoms with Crippen molar-refractivity contribution < 1.29 is 42.2 Å². The van der Waals surface area contributed by atoms with Crippen LogP contribution >= 0.6 is 7.60 Å². The first-order chi connectivity index (χ1) is 15.9. The Balaban J connectivity index is 2.37. The van der Waals surface area contributed by atoms with Crippen LogP contribution in [-0.4, -0.2) is 64.4 Å². The minimum Gasteiger partial charge on any atom is -0.481 e. The number of H-pyrrole nitrogens is 1. The molecule has 5 atom stereocenters. The quantitative estimate of drug-likeness (QED) is 0.314. The predicted molar refractivity (Wildman–Crippen MR) is 117 cm³/mol. The van der Waals surface area contributed by atoms with Crippen LogP contribution in [0.1, 0.15) is 45.4 Å². The number of hydrogen-bond donors (Lipinski definition) is 2. The van der Waals surface area contributed by atoms with Crippen LogP contribution in [0.2, 0.25) is 0 Å². The minimum atomic E-state index is -3.59. The number of rotatable bonds is 12. The molecule has 1 fully saturated rings. The number of nitrogens with one attached hydrogen (secondary N) is 1. The van der Waals surface area contributed by atoms with Gasteiger partial charge in [-0.25, -0.2) is 9.18 Å². The number of aromatic nitrogens is 2. The molecule has 14 heteroatoms. The van der Waals surface area contributed by atoms with Gasteiger partial charge in [0.25, 0.3) is 5.56 Å². The number of alkyl halides is 1. The molecule has 0 aromatic carbocycles. The third kappa shape index (κ3) is 6.84. The lowest BCUT2D eigenvalue weighted by atomic mass is 10.0. The van der Waals surface area contributed by atoms with Crippen molar-refractivity contribution >= 4 is 19.5 Å². The van der Waals surface area contributed by atoms with Crippen LogP contribution in [0.5, 0.6) is 0 Å². The molecule has 0 spiro atoms. The molecule has 0 aliphatic carbocycles. The van der Waals surface area contributed by atoms with Crippen LogP contribution in [0.3, 0.4) is 0 Å². The molecule has 1 aromatic heterocycles. The fourth-order valence-electron chi connectivity index (χ4n) is 3.65. The number of nitrogens with zero attached hydrogens (tertiary/aromatic N) is 1. The first-order valence-corrected chi connectivity index (χ1v) is 12.6. The van der Waals surface area contributed by atoms with Gasteiger partial charge >= 0.3 is 25.2 Å². The third-order valence-corrected chi connectivity index (χ3v) is 7.49. The average Bonchev–Trinajstić information content (AvgIpc) is 3.05. The van der Waals surface area contributed by atoms with Crippen LogP contribution in [0, 0.1) is 12.8 Å². The van der Waals surface area contributed by atoms with E-state index in [0.717, 1.165) is 10.8 Å². The Morgan fingerprint density at radius 3 is 2.44 bits per heavy atom. The number of carboxylic acid groups (broad SMARTS) is 1. The number of carbonyl (C=O) groups is 2. The van der Waals surface area contributed by atoms with Crippen molar-refractivity contribution in [1.82, 2.24) is 9.55 Å². The summed E-state index contributed by atoms with van der Waals surface area (Å²) < 4.78 is 51.0. The van der Waals surface area contributed by atoms with Crippen molar-refractivity contribution in [2.24, 2.45) is 5.92 Å². The molecule has 192 valence electrons. The van der Waals surface area contributed by atoms with Crippen LogP contribution in [-0.2, 0) is 32.7 Å². The van der Waals surface area contributed by atoms with E-state index in [1.54, 1.807) is 20.8 Å². The van der Waals surface area contributed by atoms with E-state index in [9.17, 15) is 23.7 Å². The number of esters is 1. The lowest BCUT2D eigenvalue weighted by Gasteiger charge is -2.27. The summed E-state index contributed by atoms with van der Waals surface area (Å²) in [6.07, 6.45) is -6.43. The summed E-state index contributed by atoms with van der Waals surface area (Å²) in [5.74, 6) is -2.94. The Morgan fingerprint density at radius 1 is 1.26 bits per heavy atom. The van der Waals surface area contributed by atoms with Gasteiger partial charge in [-0.2, -0.15) is 0 Å². The predicted octanol–water partition coefficient (Wildman–Crippen LogP) is 1.76. The topological polar surface area (TPSA) is 163 Å². The monoisotopic (exact) mass is 508 g/mol. The van der Waals surface area contributed by atoms with E-state index < -0.39 is 74.2 Å². The summed E-state index contributed by atoms with van der Waals surface area (Å²) in [7, 11) is -3.59. The maximum absolute atomic E-state index is 15.5.